The lowest BCUT2D eigenvalue weighted by Gasteiger charge is -2.28. The molecule has 0 spiro atoms. The van der Waals surface area contributed by atoms with Gasteiger partial charge in [0.1, 0.15) is 0 Å². The normalized spacial score (nSPS) is 11.2. The number of nitrogens with zero attached hydrogens (tertiary/aromatic N) is 2. The molecular weight excluding hydrogens is 821 g/mol. The van der Waals surface area contributed by atoms with E-state index < -0.39 is 0 Å². The summed E-state index contributed by atoms with van der Waals surface area (Å²) in [5.41, 5.74) is 20.8. The molecule has 0 radical (unpaired) electrons. The zero-order chi connectivity index (χ0) is 45.2. The van der Waals surface area contributed by atoms with Gasteiger partial charge in [-0.15, -0.1) is 0 Å². The molecule has 11 aromatic carbocycles. The topological polar surface area (TPSA) is 8.17 Å². The summed E-state index contributed by atoms with van der Waals surface area (Å²) in [5, 5.41) is 2.41. The Morgan fingerprint density at radius 2 is 0.662 bits per heavy atom. The number of para-hydroxylation sites is 2. The summed E-state index contributed by atoms with van der Waals surface area (Å²) in [6.45, 7) is 0. The molecule has 1 heterocycles. The summed E-state index contributed by atoms with van der Waals surface area (Å²) >= 11 is 0. The lowest BCUT2D eigenvalue weighted by molar-refractivity contribution is 1.18. The summed E-state index contributed by atoms with van der Waals surface area (Å²) in [6, 6.07) is 101. The molecule has 0 atom stereocenters. The van der Waals surface area contributed by atoms with E-state index in [1.165, 1.54) is 72.0 Å². The molecule has 2 heteroatoms. The van der Waals surface area contributed by atoms with Crippen LogP contribution in [0.25, 0.3) is 94.3 Å². The van der Waals surface area contributed by atoms with Gasteiger partial charge in [-0.25, -0.2) is 0 Å². The highest BCUT2D eigenvalue weighted by atomic mass is 15.1. The van der Waals surface area contributed by atoms with Crippen molar-refractivity contribution in [1.29, 1.82) is 0 Å². The van der Waals surface area contributed by atoms with Crippen molar-refractivity contribution >= 4 is 38.9 Å². The summed E-state index contributed by atoms with van der Waals surface area (Å²) < 4.78 is 2.48. The van der Waals surface area contributed by atoms with Crippen LogP contribution in [0.4, 0.5) is 17.1 Å². The van der Waals surface area contributed by atoms with E-state index in [0.717, 1.165) is 39.3 Å². The van der Waals surface area contributed by atoms with Gasteiger partial charge < -0.3 is 9.47 Å². The van der Waals surface area contributed by atoms with Crippen molar-refractivity contribution in [3.8, 4) is 72.4 Å². The zero-order valence-electron chi connectivity index (χ0n) is 37.5. The molecule has 12 rings (SSSR count). The van der Waals surface area contributed by atoms with E-state index >= 15 is 0 Å². The van der Waals surface area contributed by atoms with Crippen LogP contribution in [0.1, 0.15) is 0 Å². The molecule has 0 fully saturated rings. The average Bonchev–Trinajstić information content (AvgIpc) is 3.75. The molecule has 0 bridgehead atoms. The maximum atomic E-state index is 2.48. The fourth-order valence-corrected chi connectivity index (χ4v) is 10.2. The molecule has 0 unspecified atom stereocenters. The van der Waals surface area contributed by atoms with Crippen LogP contribution < -0.4 is 4.90 Å². The second-order valence-electron chi connectivity index (χ2n) is 17.2. The lowest BCUT2D eigenvalue weighted by Crippen LogP contribution is -2.10. The summed E-state index contributed by atoms with van der Waals surface area (Å²) in [4.78, 5) is 2.42. The van der Waals surface area contributed by atoms with Crippen LogP contribution in [-0.2, 0) is 0 Å². The van der Waals surface area contributed by atoms with Crippen molar-refractivity contribution in [1.82, 2.24) is 4.57 Å². The number of aromatic nitrogens is 1. The number of benzene rings is 11. The highest BCUT2D eigenvalue weighted by Crippen LogP contribution is 2.47. The molecule has 1 aromatic heterocycles. The third-order valence-electron chi connectivity index (χ3n) is 13.2. The maximum Gasteiger partial charge on any atom is 0.0562 e. The highest BCUT2D eigenvalue weighted by Gasteiger charge is 2.23. The molecule has 0 amide bonds. The van der Waals surface area contributed by atoms with Gasteiger partial charge in [-0.1, -0.05) is 231 Å². The first-order chi connectivity index (χ1) is 33.8. The van der Waals surface area contributed by atoms with Crippen LogP contribution in [0.15, 0.2) is 279 Å². The molecule has 0 aliphatic heterocycles. The molecule has 0 aliphatic rings. The van der Waals surface area contributed by atoms with Crippen molar-refractivity contribution in [2.45, 2.75) is 0 Å². The Morgan fingerprint density at radius 1 is 0.235 bits per heavy atom. The van der Waals surface area contributed by atoms with Crippen molar-refractivity contribution in [3.05, 3.63) is 279 Å². The molecule has 12 aromatic rings. The number of fused-ring (bicyclic) bond motifs is 3. The van der Waals surface area contributed by atoms with Crippen LogP contribution in [0.2, 0.25) is 0 Å². The van der Waals surface area contributed by atoms with E-state index in [4.69, 9.17) is 0 Å². The van der Waals surface area contributed by atoms with Gasteiger partial charge in [-0.05, 0) is 110 Å². The molecule has 0 aliphatic carbocycles. The third-order valence-corrected chi connectivity index (χ3v) is 13.2. The van der Waals surface area contributed by atoms with Crippen LogP contribution in [-0.4, -0.2) is 4.57 Å². The van der Waals surface area contributed by atoms with Gasteiger partial charge in [0.05, 0.1) is 16.7 Å². The molecule has 68 heavy (non-hydrogen) atoms. The monoisotopic (exact) mass is 866 g/mol. The van der Waals surface area contributed by atoms with E-state index in [1.54, 1.807) is 0 Å². The fraction of sp³-hybridized carbons (Fsp3) is 0. The van der Waals surface area contributed by atoms with Crippen molar-refractivity contribution in [2.75, 3.05) is 4.90 Å². The van der Waals surface area contributed by atoms with Gasteiger partial charge in [-0.3, -0.25) is 0 Å². The Bertz CT molecular complexity index is 3710. The van der Waals surface area contributed by atoms with E-state index in [9.17, 15) is 0 Å². The Balaban J connectivity index is 1.11. The molecule has 0 saturated carbocycles. The quantitative estimate of drug-likeness (QED) is 0.133. The van der Waals surface area contributed by atoms with Gasteiger partial charge in [0.2, 0.25) is 0 Å². The van der Waals surface area contributed by atoms with Gasteiger partial charge in [0.15, 0.2) is 0 Å². The Hall–Kier alpha value is -8.98. The highest BCUT2D eigenvalue weighted by molar-refractivity contribution is 6.11. The minimum atomic E-state index is 1.06. The first kappa shape index (κ1) is 40.5. The molecule has 0 N–H and O–H groups in total. The summed E-state index contributed by atoms with van der Waals surface area (Å²) in [5.74, 6) is 0. The smallest absolute Gasteiger partial charge is 0.0562 e. The van der Waals surface area contributed by atoms with Gasteiger partial charge >= 0.3 is 0 Å². The zero-order valence-corrected chi connectivity index (χ0v) is 37.5. The Morgan fingerprint density at radius 3 is 1.28 bits per heavy atom. The third kappa shape index (κ3) is 7.35. The predicted octanol–water partition coefficient (Wildman–Crippen LogP) is 18.3. The number of anilines is 3. The number of hydrogen-bond donors (Lipinski definition) is 0. The van der Waals surface area contributed by atoms with E-state index in [0.29, 0.717) is 0 Å². The van der Waals surface area contributed by atoms with Crippen molar-refractivity contribution in [2.24, 2.45) is 0 Å². The average molecular weight is 867 g/mol. The molecule has 0 saturated heterocycles. The second-order valence-corrected chi connectivity index (χ2v) is 17.2. The van der Waals surface area contributed by atoms with Crippen LogP contribution in [0.3, 0.4) is 0 Å². The lowest BCUT2D eigenvalue weighted by atomic mass is 9.86. The van der Waals surface area contributed by atoms with E-state index in [-0.39, 0.29) is 0 Å². The standard InChI is InChI=1S/C66H46N2/c1-6-23-47(24-7-1)54-33-16-18-35-57(54)59-43-41-52(45-62(59)58-36-19-17-34-55(58)48-25-8-2-9-26-48)67(51-31-14-5-15-32-51)53-42-44-61-60-37-20-21-39-63(60)68(65(61)46-53)64-40-22-38-56(49-27-10-3-11-28-49)66(64)50-29-12-4-13-30-50/h1-46H. The minimum Gasteiger partial charge on any atom is -0.310 e. The SMILES string of the molecule is c1ccc(-c2ccccc2-c2ccc(N(c3ccccc3)c3ccc4c5ccccc5n(-c5cccc(-c6ccccc6)c5-c5ccccc5)c4c3)cc2-c2ccccc2-c2ccccc2)cc1. The Kier molecular flexibility index (Phi) is 10.6. The molecular formula is C66H46N2. The largest absolute Gasteiger partial charge is 0.310 e. The number of rotatable bonds is 10. The fourth-order valence-electron chi connectivity index (χ4n) is 10.2. The summed E-state index contributed by atoms with van der Waals surface area (Å²) in [7, 11) is 0. The number of hydrogen-bond acceptors (Lipinski definition) is 1. The van der Waals surface area contributed by atoms with Crippen molar-refractivity contribution < 1.29 is 0 Å². The predicted molar refractivity (Wildman–Crippen MR) is 288 cm³/mol. The molecule has 320 valence electrons. The molecule has 2 nitrogen and oxygen atoms in total. The van der Waals surface area contributed by atoms with Crippen LogP contribution >= 0.6 is 0 Å². The second kappa shape index (κ2) is 17.8. The van der Waals surface area contributed by atoms with Crippen molar-refractivity contribution in [3.63, 3.8) is 0 Å². The van der Waals surface area contributed by atoms with Crippen LogP contribution in [0, 0.1) is 0 Å². The van der Waals surface area contributed by atoms with E-state index in [2.05, 4.69) is 289 Å². The van der Waals surface area contributed by atoms with Gasteiger partial charge in [0, 0.05) is 33.4 Å². The van der Waals surface area contributed by atoms with Gasteiger partial charge in [0.25, 0.3) is 0 Å². The first-order valence-corrected chi connectivity index (χ1v) is 23.3. The first-order valence-electron chi connectivity index (χ1n) is 23.3. The Labute approximate surface area is 397 Å². The minimum absolute atomic E-state index is 1.06. The summed E-state index contributed by atoms with van der Waals surface area (Å²) in [6.07, 6.45) is 0. The van der Waals surface area contributed by atoms with Crippen LogP contribution in [0.5, 0.6) is 0 Å². The van der Waals surface area contributed by atoms with Gasteiger partial charge in [-0.2, -0.15) is 0 Å². The maximum absolute atomic E-state index is 2.48. The van der Waals surface area contributed by atoms with E-state index in [1.807, 2.05) is 0 Å².